The highest BCUT2D eigenvalue weighted by Crippen LogP contribution is 2.38. The number of aromatic nitrogens is 2. The van der Waals surface area contributed by atoms with Crippen LogP contribution < -0.4 is 10.6 Å². The molecule has 1 aromatic heterocycles. The number of amides is 2. The molecule has 1 fully saturated rings. The summed E-state index contributed by atoms with van der Waals surface area (Å²) in [5, 5.41) is 9.36. The van der Waals surface area contributed by atoms with E-state index in [9.17, 15) is 4.79 Å². The van der Waals surface area contributed by atoms with Gasteiger partial charge < -0.3 is 15.2 Å². The van der Waals surface area contributed by atoms with Crippen LogP contribution in [0, 0.1) is 6.92 Å². The molecule has 0 unspecified atom stereocenters. The van der Waals surface area contributed by atoms with Crippen LogP contribution in [0.4, 0.5) is 10.5 Å². The number of hydrogen-bond acceptors (Lipinski definition) is 4. The van der Waals surface area contributed by atoms with E-state index in [4.69, 9.17) is 4.52 Å². The van der Waals surface area contributed by atoms with Crippen molar-refractivity contribution in [2.75, 3.05) is 5.32 Å². The first-order valence-electron chi connectivity index (χ1n) is 6.75. The largest absolute Gasteiger partial charge is 0.337 e. The fourth-order valence-corrected chi connectivity index (χ4v) is 2.48. The molecule has 0 saturated heterocycles. The van der Waals surface area contributed by atoms with Crippen molar-refractivity contribution in [3.63, 3.8) is 0 Å². The zero-order valence-electron chi connectivity index (χ0n) is 11.5. The first-order valence-corrected chi connectivity index (χ1v) is 7.54. The van der Waals surface area contributed by atoms with E-state index in [0.717, 1.165) is 28.7 Å². The van der Waals surface area contributed by atoms with E-state index in [1.54, 1.807) is 0 Å². The van der Waals surface area contributed by atoms with E-state index in [-0.39, 0.29) is 12.6 Å². The van der Waals surface area contributed by atoms with Gasteiger partial charge in [0, 0.05) is 10.4 Å². The molecule has 1 saturated carbocycles. The Balaban J connectivity index is 1.53. The van der Waals surface area contributed by atoms with Crippen molar-refractivity contribution in [1.82, 2.24) is 15.5 Å². The standard InChI is InChI=1S/C14H15BrN4O2/c1-8-2-5-11(10(15)6-8)17-14(20)16-7-12-18-13(19-21-12)9-3-4-9/h2,5-6,9H,3-4,7H2,1H3,(H2,16,17,20). The highest BCUT2D eigenvalue weighted by molar-refractivity contribution is 9.10. The summed E-state index contributed by atoms with van der Waals surface area (Å²) in [6.45, 7) is 2.21. The van der Waals surface area contributed by atoms with Gasteiger partial charge in [-0.15, -0.1) is 0 Å². The van der Waals surface area contributed by atoms with Gasteiger partial charge in [0.15, 0.2) is 5.82 Å². The number of nitrogens with zero attached hydrogens (tertiary/aromatic N) is 2. The normalized spacial score (nSPS) is 14.0. The van der Waals surface area contributed by atoms with E-state index in [2.05, 4.69) is 36.7 Å². The summed E-state index contributed by atoms with van der Waals surface area (Å²) in [6, 6.07) is 5.40. The predicted octanol–water partition coefficient (Wildman–Crippen LogP) is 3.34. The first-order chi connectivity index (χ1) is 10.1. The molecule has 0 aliphatic heterocycles. The molecule has 0 spiro atoms. The third-order valence-corrected chi connectivity index (χ3v) is 3.86. The Bertz CT molecular complexity index is 667. The Morgan fingerprint density at radius 1 is 1.48 bits per heavy atom. The Hall–Kier alpha value is -1.89. The highest BCUT2D eigenvalue weighted by atomic mass is 79.9. The number of rotatable bonds is 4. The number of hydrogen-bond donors (Lipinski definition) is 2. The lowest BCUT2D eigenvalue weighted by Crippen LogP contribution is -2.28. The number of nitrogens with one attached hydrogen (secondary N) is 2. The summed E-state index contributed by atoms with van der Waals surface area (Å²) in [7, 11) is 0. The molecule has 0 radical (unpaired) electrons. The molecule has 7 heteroatoms. The fraction of sp³-hybridized carbons (Fsp3) is 0.357. The number of anilines is 1. The lowest BCUT2D eigenvalue weighted by molar-refractivity contribution is 0.249. The number of aryl methyl sites for hydroxylation is 1. The van der Waals surface area contributed by atoms with Gasteiger partial charge in [-0.2, -0.15) is 4.98 Å². The van der Waals surface area contributed by atoms with Crippen molar-refractivity contribution in [2.45, 2.75) is 32.2 Å². The van der Waals surface area contributed by atoms with Crippen molar-refractivity contribution in [3.8, 4) is 0 Å². The topological polar surface area (TPSA) is 80.0 Å². The highest BCUT2D eigenvalue weighted by Gasteiger charge is 2.28. The van der Waals surface area contributed by atoms with E-state index >= 15 is 0 Å². The number of carbonyl (C=O) groups excluding carboxylic acids is 1. The Morgan fingerprint density at radius 3 is 3.00 bits per heavy atom. The Labute approximate surface area is 130 Å². The summed E-state index contributed by atoms with van der Waals surface area (Å²) in [4.78, 5) is 16.1. The van der Waals surface area contributed by atoms with Gasteiger partial charge in [0.05, 0.1) is 12.2 Å². The Kier molecular flexibility index (Phi) is 3.92. The van der Waals surface area contributed by atoms with Crippen LogP contribution in [0.25, 0.3) is 0 Å². The second kappa shape index (κ2) is 5.85. The van der Waals surface area contributed by atoms with Gasteiger partial charge in [-0.1, -0.05) is 11.2 Å². The van der Waals surface area contributed by atoms with Crippen LogP contribution in [0.2, 0.25) is 0 Å². The molecular formula is C14H15BrN4O2. The molecule has 21 heavy (non-hydrogen) atoms. The van der Waals surface area contributed by atoms with Crippen LogP contribution in [-0.4, -0.2) is 16.2 Å². The smallest absolute Gasteiger partial charge is 0.319 e. The average Bonchev–Trinajstić information content (AvgIpc) is 3.19. The zero-order chi connectivity index (χ0) is 14.8. The summed E-state index contributed by atoms with van der Waals surface area (Å²) < 4.78 is 5.93. The fourth-order valence-electron chi connectivity index (χ4n) is 1.89. The second-order valence-corrected chi connectivity index (χ2v) is 5.97. The van der Waals surface area contributed by atoms with Gasteiger partial charge in [0.1, 0.15) is 0 Å². The van der Waals surface area contributed by atoms with Gasteiger partial charge in [0.2, 0.25) is 5.89 Å². The second-order valence-electron chi connectivity index (χ2n) is 5.11. The van der Waals surface area contributed by atoms with Crippen molar-refractivity contribution in [3.05, 3.63) is 40.0 Å². The first kappa shape index (κ1) is 14.1. The van der Waals surface area contributed by atoms with Crippen molar-refractivity contribution in [1.29, 1.82) is 0 Å². The van der Waals surface area contributed by atoms with Crippen LogP contribution in [0.15, 0.2) is 27.2 Å². The molecule has 110 valence electrons. The molecule has 1 aromatic carbocycles. The maximum atomic E-state index is 11.8. The summed E-state index contributed by atoms with van der Waals surface area (Å²) >= 11 is 3.41. The number of carbonyl (C=O) groups is 1. The molecule has 2 N–H and O–H groups in total. The van der Waals surface area contributed by atoms with Gasteiger partial charge in [-0.3, -0.25) is 0 Å². The molecule has 0 bridgehead atoms. The molecule has 0 atom stereocenters. The molecule has 1 heterocycles. The van der Waals surface area contributed by atoms with E-state index < -0.39 is 0 Å². The molecule has 3 rings (SSSR count). The molecule has 1 aliphatic carbocycles. The molecule has 2 amide bonds. The number of urea groups is 1. The lowest BCUT2D eigenvalue weighted by Gasteiger charge is -2.08. The molecular weight excluding hydrogens is 336 g/mol. The SMILES string of the molecule is Cc1ccc(NC(=O)NCc2nc(C3CC3)no2)c(Br)c1. The van der Waals surface area contributed by atoms with E-state index in [0.29, 0.717) is 17.5 Å². The quantitative estimate of drug-likeness (QED) is 0.885. The monoisotopic (exact) mass is 350 g/mol. The summed E-state index contributed by atoms with van der Waals surface area (Å²) in [5.74, 6) is 1.61. The predicted molar refractivity (Wildman–Crippen MR) is 81.0 cm³/mol. The van der Waals surface area contributed by atoms with Crippen molar-refractivity contribution >= 4 is 27.6 Å². The maximum absolute atomic E-state index is 11.8. The van der Waals surface area contributed by atoms with Gasteiger partial charge in [-0.05, 0) is 53.4 Å². The third-order valence-electron chi connectivity index (χ3n) is 3.20. The number of benzene rings is 1. The van der Waals surface area contributed by atoms with Crippen LogP contribution in [0.5, 0.6) is 0 Å². The maximum Gasteiger partial charge on any atom is 0.319 e. The van der Waals surface area contributed by atoms with Gasteiger partial charge >= 0.3 is 6.03 Å². The van der Waals surface area contributed by atoms with Gasteiger partial charge in [-0.25, -0.2) is 4.79 Å². The van der Waals surface area contributed by atoms with Crippen molar-refractivity contribution in [2.24, 2.45) is 0 Å². The Morgan fingerprint density at radius 2 is 2.29 bits per heavy atom. The zero-order valence-corrected chi connectivity index (χ0v) is 13.1. The molecule has 6 nitrogen and oxygen atoms in total. The minimum atomic E-state index is -0.314. The minimum Gasteiger partial charge on any atom is -0.337 e. The number of halogens is 1. The minimum absolute atomic E-state index is 0.217. The van der Waals surface area contributed by atoms with Crippen LogP contribution >= 0.6 is 15.9 Å². The van der Waals surface area contributed by atoms with Crippen LogP contribution in [-0.2, 0) is 6.54 Å². The van der Waals surface area contributed by atoms with E-state index in [1.807, 2.05) is 25.1 Å². The van der Waals surface area contributed by atoms with Gasteiger partial charge in [0.25, 0.3) is 0 Å². The van der Waals surface area contributed by atoms with Crippen LogP contribution in [0.1, 0.15) is 36.0 Å². The average molecular weight is 351 g/mol. The molecule has 1 aliphatic rings. The van der Waals surface area contributed by atoms with Crippen molar-refractivity contribution < 1.29 is 9.32 Å². The summed E-state index contributed by atoms with van der Waals surface area (Å²) in [5.41, 5.74) is 1.83. The van der Waals surface area contributed by atoms with E-state index in [1.165, 1.54) is 0 Å². The third kappa shape index (κ3) is 3.60. The summed E-state index contributed by atoms with van der Waals surface area (Å²) in [6.07, 6.45) is 2.24. The van der Waals surface area contributed by atoms with Crippen LogP contribution in [0.3, 0.4) is 0 Å². The molecule has 2 aromatic rings. The lowest BCUT2D eigenvalue weighted by atomic mass is 10.2.